The number of carbonyl (C=O) groups excluding carboxylic acids is 3. The highest BCUT2D eigenvalue weighted by Crippen LogP contribution is 2.23. The fourth-order valence-electron chi connectivity index (χ4n) is 2.19. The summed E-state index contributed by atoms with van der Waals surface area (Å²) in [5, 5.41) is 0.459. The Labute approximate surface area is 136 Å². The molecule has 2 amide bonds. The summed E-state index contributed by atoms with van der Waals surface area (Å²) in [7, 11) is 0. The van der Waals surface area contributed by atoms with Crippen molar-refractivity contribution in [2.75, 3.05) is 0 Å². The maximum absolute atomic E-state index is 12.2. The van der Waals surface area contributed by atoms with E-state index in [1.165, 1.54) is 24.3 Å². The maximum atomic E-state index is 12.2. The van der Waals surface area contributed by atoms with Gasteiger partial charge in [0, 0.05) is 5.56 Å². The van der Waals surface area contributed by atoms with Crippen LogP contribution in [0.3, 0.4) is 0 Å². The van der Waals surface area contributed by atoms with Gasteiger partial charge >= 0.3 is 5.97 Å². The zero-order valence-corrected chi connectivity index (χ0v) is 12.5. The Kier molecular flexibility index (Phi) is 3.63. The van der Waals surface area contributed by atoms with Crippen LogP contribution in [0.4, 0.5) is 0 Å². The van der Waals surface area contributed by atoms with Crippen molar-refractivity contribution in [1.82, 2.24) is 5.06 Å². The highest BCUT2D eigenvalue weighted by Gasteiger charge is 2.38. The normalized spacial score (nSPS) is 13.0. The maximum Gasteiger partial charge on any atom is 0.363 e. The fourth-order valence-corrected chi connectivity index (χ4v) is 2.31. The quantitative estimate of drug-likeness (QED) is 0.682. The number of imide groups is 1. The van der Waals surface area contributed by atoms with Crippen LogP contribution in [-0.4, -0.2) is 27.8 Å². The van der Waals surface area contributed by atoms with Crippen molar-refractivity contribution < 1.29 is 19.2 Å². The summed E-state index contributed by atoms with van der Waals surface area (Å²) in [6, 6.07) is 12.4. The third-order valence-corrected chi connectivity index (χ3v) is 3.55. The molecular weight excluding hydrogens is 316 g/mol. The van der Waals surface area contributed by atoms with Crippen LogP contribution in [0.25, 0.3) is 0 Å². The summed E-state index contributed by atoms with van der Waals surface area (Å²) in [5.41, 5.74) is 6.52. The zero-order valence-electron chi connectivity index (χ0n) is 11.7. The van der Waals surface area contributed by atoms with E-state index in [-0.39, 0.29) is 21.7 Å². The first-order valence-corrected chi connectivity index (χ1v) is 7.00. The van der Waals surface area contributed by atoms with Crippen molar-refractivity contribution in [2.24, 2.45) is 5.73 Å². The van der Waals surface area contributed by atoms with Crippen molar-refractivity contribution in [3.05, 3.63) is 70.8 Å². The Hall–Kier alpha value is -3.06. The molecular formula is C16H10N2O4S. The zero-order chi connectivity index (χ0) is 16.6. The van der Waals surface area contributed by atoms with E-state index in [1.54, 1.807) is 24.3 Å². The molecule has 0 radical (unpaired) electrons. The first-order valence-electron chi connectivity index (χ1n) is 6.59. The molecule has 0 unspecified atom stereocenters. The van der Waals surface area contributed by atoms with Crippen molar-refractivity contribution in [2.45, 2.75) is 0 Å². The van der Waals surface area contributed by atoms with Gasteiger partial charge in [0.05, 0.1) is 16.7 Å². The Morgan fingerprint density at radius 3 is 2.09 bits per heavy atom. The molecule has 6 nitrogen and oxygen atoms in total. The Morgan fingerprint density at radius 2 is 1.52 bits per heavy atom. The third-order valence-electron chi connectivity index (χ3n) is 3.31. The summed E-state index contributed by atoms with van der Waals surface area (Å²) < 4.78 is 0. The smallest absolute Gasteiger partial charge is 0.363 e. The van der Waals surface area contributed by atoms with E-state index in [2.05, 4.69) is 0 Å². The number of nitrogens with zero attached hydrogens (tertiary/aromatic N) is 1. The van der Waals surface area contributed by atoms with Crippen LogP contribution < -0.4 is 5.73 Å². The minimum atomic E-state index is -0.849. The van der Waals surface area contributed by atoms with Crippen LogP contribution >= 0.6 is 12.2 Å². The van der Waals surface area contributed by atoms with Crippen molar-refractivity contribution in [3.8, 4) is 0 Å². The highest BCUT2D eigenvalue weighted by molar-refractivity contribution is 7.80. The molecule has 0 aliphatic carbocycles. The average molecular weight is 326 g/mol. The molecule has 3 rings (SSSR count). The largest absolute Gasteiger partial charge is 0.389 e. The second-order valence-electron chi connectivity index (χ2n) is 4.77. The highest BCUT2D eigenvalue weighted by atomic mass is 32.1. The van der Waals surface area contributed by atoms with Gasteiger partial charge in [-0.3, -0.25) is 9.59 Å². The van der Waals surface area contributed by atoms with Gasteiger partial charge in [-0.2, -0.15) is 0 Å². The van der Waals surface area contributed by atoms with Gasteiger partial charge in [0.1, 0.15) is 4.99 Å². The molecule has 0 bridgehead atoms. The molecule has 2 aromatic carbocycles. The lowest BCUT2D eigenvalue weighted by Gasteiger charge is -2.13. The molecule has 23 heavy (non-hydrogen) atoms. The number of thiocarbonyl (C=S) groups is 1. The predicted molar refractivity (Wildman–Crippen MR) is 84.7 cm³/mol. The topological polar surface area (TPSA) is 89.7 Å². The molecule has 2 N–H and O–H groups in total. The minimum Gasteiger partial charge on any atom is -0.389 e. The van der Waals surface area contributed by atoms with E-state index in [0.717, 1.165) is 0 Å². The molecule has 1 heterocycles. The van der Waals surface area contributed by atoms with Crippen LogP contribution in [0.15, 0.2) is 48.5 Å². The molecule has 2 aromatic rings. The number of fused-ring (bicyclic) bond motifs is 1. The first-order chi connectivity index (χ1) is 11.0. The van der Waals surface area contributed by atoms with Gasteiger partial charge in [0.15, 0.2) is 0 Å². The van der Waals surface area contributed by atoms with E-state index in [9.17, 15) is 14.4 Å². The number of nitrogens with two attached hydrogens (primary N) is 1. The average Bonchev–Trinajstić information content (AvgIpc) is 2.80. The Bertz CT molecular complexity index is 828. The van der Waals surface area contributed by atoms with Crippen LogP contribution in [-0.2, 0) is 4.84 Å². The predicted octanol–water partition coefficient (Wildman–Crippen LogP) is 1.69. The van der Waals surface area contributed by atoms with Crippen LogP contribution in [0.1, 0.15) is 36.6 Å². The van der Waals surface area contributed by atoms with Gasteiger partial charge in [0.2, 0.25) is 0 Å². The van der Waals surface area contributed by atoms with Crippen molar-refractivity contribution in [3.63, 3.8) is 0 Å². The van der Waals surface area contributed by atoms with E-state index in [0.29, 0.717) is 10.6 Å². The molecule has 0 atom stereocenters. The van der Waals surface area contributed by atoms with Crippen molar-refractivity contribution in [1.29, 1.82) is 0 Å². The third kappa shape index (κ3) is 2.58. The van der Waals surface area contributed by atoms with Crippen LogP contribution in [0.2, 0.25) is 0 Å². The standard InChI is InChI=1S/C16H10N2O4S/c17-13(23)9-4-3-5-10(8-9)16(21)22-18-14(19)11-6-1-2-7-12(11)15(18)20/h1-8H,(H2,17,23). The number of hydrogen-bond acceptors (Lipinski definition) is 5. The number of benzene rings is 2. The van der Waals surface area contributed by atoms with Crippen molar-refractivity contribution >= 4 is 35.0 Å². The molecule has 1 aliphatic rings. The molecule has 7 heteroatoms. The molecule has 1 aliphatic heterocycles. The van der Waals surface area contributed by atoms with Gasteiger partial charge in [-0.05, 0) is 24.3 Å². The molecule has 0 fully saturated rings. The summed E-state index contributed by atoms with van der Waals surface area (Å²) in [6.45, 7) is 0. The number of amides is 2. The lowest BCUT2D eigenvalue weighted by Crippen LogP contribution is -2.32. The second kappa shape index (κ2) is 5.62. The van der Waals surface area contributed by atoms with E-state index in [1.807, 2.05) is 0 Å². The first kappa shape index (κ1) is 14.9. The molecule has 0 saturated carbocycles. The van der Waals surface area contributed by atoms with E-state index < -0.39 is 17.8 Å². The monoisotopic (exact) mass is 326 g/mol. The lowest BCUT2D eigenvalue weighted by atomic mass is 10.1. The van der Waals surface area contributed by atoms with Gasteiger partial charge in [0.25, 0.3) is 11.8 Å². The lowest BCUT2D eigenvalue weighted by molar-refractivity contribution is -0.0584. The number of rotatable bonds is 3. The number of hydroxylamine groups is 2. The molecule has 114 valence electrons. The van der Waals surface area contributed by atoms with E-state index >= 15 is 0 Å². The summed E-state index contributed by atoms with van der Waals surface area (Å²) >= 11 is 4.84. The van der Waals surface area contributed by atoms with E-state index in [4.69, 9.17) is 22.8 Å². The van der Waals surface area contributed by atoms with Gasteiger partial charge in [-0.15, -0.1) is 0 Å². The van der Waals surface area contributed by atoms with Gasteiger partial charge in [-0.25, -0.2) is 4.79 Å². The summed E-state index contributed by atoms with van der Waals surface area (Å²) in [5.74, 6) is -2.20. The minimum absolute atomic E-state index is 0.125. The van der Waals surface area contributed by atoms with Gasteiger partial charge in [-0.1, -0.05) is 41.5 Å². The Morgan fingerprint density at radius 1 is 0.957 bits per heavy atom. The Balaban J connectivity index is 1.85. The number of hydrogen-bond donors (Lipinski definition) is 1. The SMILES string of the molecule is NC(=S)c1cccc(C(=O)ON2C(=O)c3ccccc3C2=O)c1. The summed E-state index contributed by atoms with van der Waals surface area (Å²) in [4.78, 5) is 41.5. The second-order valence-corrected chi connectivity index (χ2v) is 5.21. The molecule has 0 spiro atoms. The summed E-state index contributed by atoms with van der Waals surface area (Å²) in [6.07, 6.45) is 0. The van der Waals surface area contributed by atoms with Crippen LogP contribution in [0.5, 0.6) is 0 Å². The molecule has 0 aromatic heterocycles. The van der Waals surface area contributed by atoms with Crippen LogP contribution in [0, 0.1) is 0 Å². The fraction of sp³-hybridized carbons (Fsp3) is 0. The number of carbonyl (C=O) groups is 3. The molecule has 0 saturated heterocycles. The van der Waals surface area contributed by atoms with Gasteiger partial charge < -0.3 is 10.6 Å².